The number of aliphatic hydroxyl groups excluding tert-OH is 1. The van der Waals surface area contributed by atoms with Crippen molar-refractivity contribution in [1.82, 2.24) is 80.7 Å². The van der Waals surface area contributed by atoms with Crippen molar-refractivity contribution in [3.8, 4) is 0 Å². The van der Waals surface area contributed by atoms with E-state index in [2.05, 4.69) is 36.5 Å². The average Bonchev–Trinajstić information content (AvgIpc) is 1.77. The van der Waals surface area contributed by atoms with Gasteiger partial charge in [0.25, 0.3) is 5.91 Å². The first kappa shape index (κ1) is 92.6. The number of aliphatic hydroxyl groups is 1. The van der Waals surface area contributed by atoms with Crippen molar-refractivity contribution in [2.24, 2.45) is 41.4 Å². The van der Waals surface area contributed by atoms with Crippen LogP contribution in [0.4, 0.5) is 0 Å². The number of aromatic amines is 1. The molecule has 0 aliphatic carbocycles. The molecule has 2 aliphatic rings. The zero-order valence-electron chi connectivity index (χ0n) is 68.8. The lowest BCUT2D eigenvalue weighted by molar-refractivity contribution is -0.157. The Labute approximate surface area is 644 Å². The van der Waals surface area contributed by atoms with Gasteiger partial charge >= 0.3 is 5.97 Å². The second kappa shape index (κ2) is 41.8. The first-order valence-electron chi connectivity index (χ1n) is 38.5. The van der Waals surface area contributed by atoms with E-state index in [4.69, 9.17) is 10.1 Å². The lowest BCUT2D eigenvalue weighted by Crippen LogP contribution is -2.63. The van der Waals surface area contributed by atoms with Gasteiger partial charge in [-0.05, 0) is 106 Å². The molecule has 2 aromatic rings. The maximum atomic E-state index is 15.6. The number of H-pyrrole nitrogens is 1. The molecule has 1 aromatic carbocycles. The van der Waals surface area contributed by atoms with Gasteiger partial charge in [0.2, 0.25) is 70.9 Å². The Morgan fingerprint density at radius 1 is 0.541 bits per heavy atom. The molecule has 3 heterocycles. The number of carbonyl (C=O) groups excluding carboxylic acids is 13. The van der Waals surface area contributed by atoms with Crippen molar-refractivity contribution >= 4 is 93.8 Å². The third-order valence-corrected chi connectivity index (χ3v) is 20.6. The van der Waals surface area contributed by atoms with Gasteiger partial charge in [0, 0.05) is 107 Å². The molecule has 612 valence electrons. The molecule has 109 heavy (non-hydrogen) atoms. The van der Waals surface area contributed by atoms with Gasteiger partial charge in [0.1, 0.15) is 66.2 Å². The number of fused-ring (bicyclic) bond motifs is 1. The van der Waals surface area contributed by atoms with Gasteiger partial charge in [-0.15, -0.1) is 0 Å². The summed E-state index contributed by atoms with van der Waals surface area (Å²) >= 11 is 0. The third kappa shape index (κ3) is 25.6. The quantitative estimate of drug-likeness (QED) is 0.0837. The predicted molar refractivity (Wildman–Crippen MR) is 411 cm³/mol. The number of rotatable bonds is 22. The Hall–Kier alpha value is -8.81. The number of carbonyl (C=O) groups is 14. The summed E-state index contributed by atoms with van der Waals surface area (Å²) in [6, 6.07) is -8.21. The highest BCUT2D eigenvalue weighted by atomic mass is 16.4. The monoisotopic (exact) mass is 1530 g/mol. The minimum Gasteiger partial charge on any atom is -0.481 e. The smallest absolute Gasteiger partial charge is 0.303 e. The van der Waals surface area contributed by atoms with E-state index in [1.54, 1.807) is 64.6 Å². The molecule has 0 saturated carbocycles. The van der Waals surface area contributed by atoms with E-state index >= 15 is 19.2 Å². The number of hydrogen-bond donors (Lipinski definition) is 8. The fourth-order valence-corrected chi connectivity index (χ4v) is 13.9. The van der Waals surface area contributed by atoms with E-state index in [-0.39, 0.29) is 86.9 Å². The van der Waals surface area contributed by atoms with Crippen molar-refractivity contribution in [3.05, 3.63) is 29.6 Å². The molecular weight excluding hydrogens is 1400 g/mol. The van der Waals surface area contributed by atoms with Crippen molar-refractivity contribution in [2.75, 3.05) is 95.1 Å². The van der Waals surface area contributed by atoms with Gasteiger partial charge in [0.05, 0.1) is 30.1 Å². The van der Waals surface area contributed by atoms with Gasteiger partial charge in [-0.25, -0.2) is 4.98 Å². The number of nitrogens with one attached hydrogen (secondary N) is 6. The van der Waals surface area contributed by atoms with E-state index in [0.717, 1.165) is 9.80 Å². The minimum atomic E-state index is -1.80. The second-order valence-corrected chi connectivity index (χ2v) is 32.3. The highest BCUT2D eigenvalue weighted by molar-refractivity contribution is 6.00. The highest BCUT2D eigenvalue weighted by Crippen LogP contribution is 2.27. The number of carboxylic acid groups (broad SMARTS) is 1. The van der Waals surface area contributed by atoms with Crippen LogP contribution in [0.25, 0.3) is 11.0 Å². The Morgan fingerprint density at radius 2 is 1.04 bits per heavy atom. The van der Waals surface area contributed by atoms with E-state index in [1.165, 1.54) is 87.7 Å². The molecule has 2 aliphatic heterocycles. The fraction of sp³-hybridized carbons (Fsp3) is 0.727. The summed E-state index contributed by atoms with van der Waals surface area (Å²) in [7, 11) is 9.73. The first-order valence-corrected chi connectivity index (χ1v) is 38.5. The fourth-order valence-electron chi connectivity index (χ4n) is 13.9. The number of carboxylic acids is 1. The van der Waals surface area contributed by atoms with Gasteiger partial charge in [-0.1, -0.05) is 96.9 Å². The van der Waals surface area contributed by atoms with E-state index in [9.17, 15) is 53.1 Å². The number of aliphatic carboxylic acids is 1. The Morgan fingerprint density at radius 3 is 1.56 bits per heavy atom. The second-order valence-electron chi connectivity index (χ2n) is 32.3. The summed E-state index contributed by atoms with van der Waals surface area (Å²) < 4.78 is 0. The van der Waals surface area contributed by atoms with Crippen LogP contribution in [0.1, 0.15) is 172 Å². The van der Waals surface area contributed by atoms with Crippen molar-refractivity contribution in [2.45, 2.75) is 229 Å². The van der Waals surface area contributed by atoms with Crippen LogP contribution in [0.15, 0.2) is 18.2 Å². The van der Waals surface area contributed by atoms with Crippen LogP contribution in [0, 0.1) is 41.4 Å². The summed E-state index contributed by atoms with van der Waals surface area (Å²) in [4.78, 5) is 220. The molecule has 0 radical (unpaired) electrons. The Balaban J connectivity index is 1.83. The molecular formula is C77H128N16O16. The minimum absolute atomic E-state index is 0.0384. The molecule has 0 unspecified atom stereocenters. The van der Waals surface area contributed by atoms with Crippen LogP contribution in [0.2, 0.25) is 0 Å². The summed E-state index contributed by atoms with van der Waals surface area (Å²) in [6.07, 6.45) is -1.70. The number of piperazine rings is 1. The number of nitrogens with zero attached hydrogens (tertiary/aromatic N) is 10. The predicted octanol–water partition coefficient (Wildman–Crippen LogP) is 2.16. The van der Waals surface area contributed by atoms with Crippen LogP contribution < -0.4 is 26.6 Å². The SMILES string of the molecule is CC[C@@H]1NC(=O)[C@H]([C@H](O)[C@H](C)Cc2nc3ccc(C(=O)NCCN4CCN(C(=O)CCC(=O)O)CC4)cc3[nH]2)N(C)C(=O)[C@H](C(C)C)N(C)C(=O)[C@H](CC(C)C)N(C)C(=O)[C@H](CC(C)C)N(C)C(=O)[C@@H](C)NC(=O)[C@H](C)NC(=O)[C@H](CC(C)C)N(C)C(=O)[C@H](C(C)C)NC(=O)[C@H](CC(C)C)N(C)C(=O)CN(C)C1=O. The van der Waals surface area contributed by atoms with Crippen molar-refractivity contribution in [3.63, 3.8) is 0 Å². The number of imidazole rings is 1. The molecule has 4 rings (SSSR count). The number of likely N-dealkylation sites (N-methyl/N-ethyl adjacent to an activating group) is 7. The van der Waals surface area contributed by atoms with Crippen LogP contribution in [0.5, 0.6) is 0 Å². The van der Waals surface area contributed by atoms with E-state index in [1.807, 2.05) is 55.4 Å². The molecule has 32 nitrogen and oxygen atoms in total. The Kier molecular flexibility index (Phi) is 35.5. The summed E-state index contributed by atoms with van der Waals surface area (Å²) in [5, 5.41) is 35.7. The summed E-state index contributed by atoms with van der Waals surface area (Å²) in [5.41, 5.74) is 1.26. The van der Waals surface area contributed by atoms with Crippen LogP contribution in [0.3, 0.4) is 0 Å². The van der Waals surface area contributed by atoms with Crippen LogP contribution in [-0.4, -0.2) is 309 Å². The zero-order valence-corrected chi connectivity index (χ0v) is 68.8. The van der Waals surface area contributed by atoms with Crippen LogP contribution >= 0.6 is 0 Å². The molecule has 0 spiro atoms. The number of benzene rings is 1. The van der Waals surface area contributed by atoms with E-state index < -0.39 is 162 Å². The van der Waals surface area contributed by atoms with Gasteiger partial charge in [0.15, 0.2) is 0 Å². The number of aromatic nitrogens is 2. The largest absolute Gasteiger partial charge is 0.481 e. The van der Waals surface area contributed by atoms with Gasteiger partial charge in [-0.2, -0.15) is 0 Å². The molecule has 32 heteroatoms. The topological polar surface area (TPSA) is 397 Å². The molecule has 12 atom stereocenters. The molecule has 0 bridgehead atoms. The molecule has 2 fully saturated rings. The van der Waals surface area contributed by atoms with Gasteiger partial charge < -0.3 is 81.0 Å². The molecule has 1 aromatic heterocycles. The maximum Gasteiger partial charge on any atom is 0.303 e. The normalized spacial score (nSPS) is 24.5. The molecule has 13 amide bonds. The standard InChI is InChI=1S/C77H128N16O16/c1-24-52-73(105)85(17)41-61(95)86(18)55(35-42(2)3)70(102)84-63(46(10)11)76(108)87(19)56(36-43(4)5)69(101)79-49(15)67(99)80-50(16)72(104)88(20)57(37-44(6)7)74(106)89(21)58(38-45(8)9)75(107)90(22)64(47(12)13)77(109)91(23)65(71(103)83-52)66(98)48(14)39-59-81-53-26-25-51(40-54(53)82-59)68(100)78-29-30-92-31-33-93(34-32-92)60(94)27-28-62(96)97/h25-26,40,42-50,52,55-58,63-66,98H,24,27-39,41H2,1-23H3,(H,78,100)(H,79,101)(H,80,99)(H,81,82)(H,83,103)(H,84,102)(H,96,97)/t48-,49+,50-,52+,55+,56+,57+,58+,63+,64+,65+,66-/m1/s1. The average molecular weight is 1530 g/mol. The first-order chi connectivity index (χ1) is 50.8. The number of amides is 13. The van der Waals surface area contributed by atoms with Gasteiger partial charge in [-0.3, -0.25) is 72.0 Å². The molecule has 2 saturated heterocycles. The van der Waals surface area contributed by atoms with Crippen molar-refractivity contribution in [1.29, 1.82) is 0 Å². The Bertz CT molecular complexity index is 3520. The third-order valence-electron chi connectivity index (χ3n) is 20.6. The van der Waals surface area contributed by atoms with Crippen molar-refractivity contribution < 1.29 is 77.3 Å². The molecule has 8 N–H and O–H groups in total. The summed E-state index contributed by atoms with van der Waals surface area (Å²) in [6.45, 7) is 29.8. The maximum absolute atomic E-state index is 15.6. The number of hydrogen-bond acceptors (Lipinski definition) is 17. The zero-order chi connectivity index (χ0) is 82.7. The highest BCUT2D eigenvalue weighted by Gasteiger charge is 2.46. The lowest BCUT2D eigenvalue weighted by atomic mass is 9.91. The lowest BCUT2D eigenvalue weighted by Gasteiger charge is -2.41. The summed E-state index contributed by atoms with van der Waals surface area (Å²) in [5.74, 6) is -12.2. The van der Waals surface area contributed by atoms with E-state index in [0.29, 0.717) is 61.7 Å². The van der Waals surface area contributed by atoms with Crippen LogP contribution in [-0.2, 0) is 68.7 Å².